The normalized spacial score (nSPS) is 10.3. The Kier molecular flexibility index (Phi) is 4.23. The number of anilines is 1. The molecule has 19 heavy (non-hydrogen) atoms. The first-order valence-corrected chi connectivity index (χ1v) is 6.66. The van der Waals surface area contributed by atoms with E-state index >= 15 is 0 Å². The second kappa shape index (κ2) is 5.89. The summed E-state index contributed by atoms with van der Waals surface area (Å²) in [5.41, 5.74) is 4.72. The monoisotopic (exact) mass is 273 g/mol. The van der Waals surface area contributed by atoms with Crippen LogP contribution in [0.1, 0.15) is 27.0 Å². The summed E-state index contributed by atoms with van der Waals surface area (Å²) >= 11 is 5.72. The quantitative estimate of drug-likeness (QED) is 0.830. The lowest BCUT2D eigenvalue weighted by Crippen LogP contribution is -2.12. The highest BCUT2D eigenvalue weighted by Crippen LogP contribution is 2.15. The Morgan fingerprint density at radius 3 is 2.16 bits per heavy atom. The van der Waals surface area contributed by atoms with Crippen LogP contribution in [0.25, 0.3) is 0 Å². The first-order valence-electron chi connectivity index (χ1n) is 6.13. The van der Waals surface area contributed by atoms with Crippen molar-refractivity contribution >= 4 is 23.2 Å². The summed E-state index contributed by atoms with van der Waals surface area (Å²) in [7, 11) is 0. The minimum absolute atomic E-state index is 0.105. The van der Waals surface area contributed by atoms with Gasteiger partial charge in [-0.15, -0.1) is 11.6 Å². The van der Waals surface area contributed by atoms with E-state index in [1.165, 1.54) is 0 Å². The Labute approximate surface area is 118 Å². The van der Waals surface area contributed by atoms with Crippen LogP contribution < -0.4 is 5.32 Å². The van der Waals surface area contributed by atoms with Gasteiger partial charge in [-0.2, -0.15) is 0 Å². The average Bonchev–Trinajstić information content (AvgIpc) is 2.37. The van der Waals surface area contributed by atoms with Crippen LogP contribution in [0.4, 0.5) is 5.69 Å². The Morgan fingerprint density at radius 2 is 1.63 bits per heavy atom. The molecule has 1 amide bonds. The number of rotatable bonds is 3. The molecule has 0 aliphatic carbocycles. The van der Waals surface area contributed by atoms with Crippen molar-refractivity contribution in [2.45, 2.75) is 19.7 Å². The van der Waals surface area contributed by atoms with E-state index in [9.17, 15) is 4.79 Å². The Bertz CT molecular complexity index is 570. The van der Waals surface area contributed by atoms with Crippen molar-refractivity contribution < 1.29 is 4.79 Å². The SMILES string of the molecule is Cc1cc(C)cc(NC(=O)c2ccc(CCl)cc2)c1. The number of carbonyl (C=O) groups is 1. The van der Waals surface area contributed by atoms with Crippen molar-refractivity contribution in [3.05, 3.63) is 64.7 Å². The molecule has 0 atom stereocenters. The molecule has 2 rings (SSSR count). The summed E-state index contributed by atoms with van der Waals surface area (Å²) < 4.78 is 0. The largest absolute Gasteiger partial charge is 0.322 e. The zero-order valence-electron chi connectivity index (χ0n) is 11.0. The number of aryl methyl sites for hydroxylation is 2. The molecule has 0 bridgehead atoms. The van der Waals surface area contributed by atoms with Crippen molar-refractivity contribution in [2.24, 2.45) is 0 Å². The third kappa shape index (κ3) is 3.58. The van der Waals surface area contributed by atoms with Crippen LogP contribution in [0, 0.1) is 13.8 Å². The van der Waals surface area contributed by atoms with Crippen molar-refractivity contribution in [3.8, 4) is 0 Å². The summed E-state index contributed by atoms with van der Waals surface area (Å²) in [6.07, 6.45) is 0. The molecular weight excluding hydrogens is 258 g/mol. The van der Waals surface area contributed by atoms with Crippen molar-refractivity contribution in [1.29, 1.82) is 0 Å². The fourth-order valence-electron chi connectivity index (χ4n) is 2.00. The van der Waals surface area contributed by atoms with Crippen LogP contribution in [0.2, 0.25) is 0 Å². The molecule has 1 N–H and O–H groups in total. The predicted molar refractivity (Wildman–Crippen MR) is 79.9 cm³/mol. The number of alkyl halides is 1. The smallest absolute Gasteiger partial charge is 0.255 e. The molecule has 98 valence electrons. The fourth-order valence-corrected chi connectivity index (χ4v) is 2.17. The van der Waals surface area contributed by atoms with Gasteiger partial charge < -0.3 is 5.32 Å². The number of hydrogen-bond acceptors (Lipinski definition) is 1. The molecule has 0 aliphatic heterocycles. The Hall–Kier alpha value is -1.80. The number of carbonyl (C=O) groups excluding carboxylic acids is 1. The van der Waals surface area contributed by atoms with Crippen LogP contribution >= 0.6 is 11.6 Å². The standard InChI is InChI=1S/C16H16ClNO/c1-11-7-12(2)9-15(8-11)18-16(19)14-5-3-13(10-17)4-6-14/h3-9H,10H2,1-2H3,(H,18,19). The van der Waals surface area contributed by atoms with E-state index in [1.54, 1.807) is 12.1 Å². The average molecular weight is 274 g/mol. The summed E-state index contributed by atoms with van der Waals surface area (Å²) in [5.74, 6) is 0.352. The molecule has 2 aromatic carbocycles. The number of benzene rings is 2. The minimum atomic E-state index is -0.105. The maximum absolute atomic E-state index is 12.1. The first kappa shape index (κ1) is 13.6. The third-order valence-electron chi connectivity index (χ3n) is 2.85. The fraction of sp³-hybridized carbons (Fsp3) is 0.188. The highest BCUT2D eigenvalue weighted by molar-refractivity contribution is 6.17. The highest BCUT2D eigenvalue weighted by Gasteiger charge is 2.06. The lowest BCUT2D eigenvalue weighted by Gasteiger charge is -2.08. The zero-order valence-corrected chi connectivity index (χ0v) is 11.8. The molecule has 0 spiro atoms. The van der Waals surface area contributed by atoms with Gasteiger partial charge in [0.25, 0.3) is 5.91 Å². The molecule has 0 heterocycles. The second-order valence-electron chi connectivity index (χ2n) is 4.66. The summed E-state index contributed by atoms with van der Waals surface area (Å²) in [6.45, 7) is 4.02. The van der Waals surface area contributed by atoms with Gasteiger partial charge in [-0.05, 0) is 54.8 Å². The van der Waals surface area contributed by atoms with Crippen molar-refractivity contribution in [2.75, 3.05) is 5.32 Å². The van der Waals surface area contributed by atoms with E-state index in [0.29, 0.717) is 11.4 Å². The van der Waals surface area contributed by atoms with Crippen LogP contribution in [0.5, 0.6) is 0 Å². The first-order chi connectivity index (χ1) is 9.08. The van der Waals surface area contributed by atoms with E-state index in [4.69, 9.17) is 11.6 Å². The van der Waals surface area contributed by atoms with E-state index in [0.717, 1.165) is 22.4 Å². The number of amides is 1. The molecule has 2 aromatic rings. The van der Waals surface area contributed by atoms with Crippen molar-refractivity contribution in [1.82, 2.24) is 0 Å². The van der Waals surface area contributed by atoms with Gasteiger partial charge in [0.15, 0.2) is 0 Å². The van der Waals surface area contributed by atoms with E-state index in [1.807, 2.05) is 38.1 Å². The predicted octanol–water partition coefficient (Wildman–Crippen LogP) is 4.29. The van der Waals surface area contributed by atoms with Gasteiger partial charge in [0.05, 0.1) is 0 Å². The van der Waals surface area contributed by atoms with Gasteiger partial charge in [-0.25, -0.2) is 0 Å². The number of hydrogen-bond donors (Lipinski definition) is 1. The third-order valence-corrected chi connectivity index (χ3v) is 3.16. The maximum atomic E-state index is 12.1. The molecule has 3 heteroatoms. The van der Waals surface area contributed by atoms with Gasteiger partial charge in [0.1, 0.15) is 0 Å². The van der Waals surface area contributed by atoms with E-state index in [-0.39, 0.29) is 5.91 Å². The van der Waals surface area contributed by atoms with E-state index in [2.05, 4.69) is 11.4 Å². The minimum Gasteiger partial charge on any atom is -0.322 e. The van der Waals surface area contributed by atoms with Crippen LogP contribution in [-0.2, 0) is 5.88 Å². The van der Waals surface area contributed by atoms with Gasteiger partial charge in [0, 0.05) is 17.1 Å². The second-order valence-corrected chi connectivity index (χ2v) is 4.93. The van der Waals surface area contributed by atoms with Crippen LogP contribution in [0.3, 0.4) is 0 Å². The number of nitrogens with one attached hydrogen (secondary N) is 1. The summed E-state index contributed by atoms with van der Waals surface area (Å²) in [4.78, 5) is 12.1. The van der Waals surface area contributed by atoms with Crippen LogP contribution in [0.15, 0.2) is 42.5 Å². The molecule has 0 aliphatic rings. The molecular formula is C16H16ClNO. The van der Waals surface area contributed by atoms with Gasteiger partial charge in [-0.1, -0.05) is 18.2 Å². The summed E-state index contributed by atoms with van der Waals surface area (Å²) in [5, 5.41) is 2.91. The number of halogens is 1. The van der Waals surface area contributed by atoms with Gasteiger partial charge >= 0.3 is 0 Å². The Morgan fingerprint density at radius 1 is 1.05 bits per heavy atom. The lowest BCUT2D eigenvalue weighted by atomic mass is 10.1. The summed E-state index contributed by atoms with van der Waals surface area (Å²) in [6, 6.07) is 13.3. The van der Waals surface area contributed by atoms with Gasteiger partial charge in [-0.3, -0.25) is 4.79 Å². The Balaban J connectivity index is 2.15. The zero-order chi connectivity index (χ0) is 13.8. The molecule has 0 fully saturated rings. The molecule has 0 saturated heterocycles. The topological polar surface area (TPSA) is 29.1 Å². The molecule has 0 aromatic heterocycles. The van der Waals surface area contributed by atoms with Crippen molar-refractivity contribution in [3.63, 3.8) is 0 Å². The lowest BCUT2D eigenvalue weighted by molar-refractivity contribution is 0.102. The van der Waals surface area contributed by atoms with E-state index < -0.39 is 0 Å². The van der Waals surface area contributed by atoms with Crippen LogP contribution in [-0.4, -0.2) is 5.91 Å². The molecule has 0 unspecified atom stereocenters. The molecule has 0 saturated carbocycles. The molecule has 0 radical (unpaired) electrons. The highest BCUT2D eigenvalue weighted by atomic mass is 35.5. The molecule has 2 nitrogen and oxygen atoms in total. The maximum Gasteiger partial charge on any atom is 0.255 e. The van der Waals surface area contributed by atoms with Gasteiger partial charge in [0.2, 0.25) is 0 Å².